The molecule has 1 saturated carbocycles. The highest BCUT2D eigenvalue weighted by Gasteiger charge is 2.38. The molecule has 10 heteroatoms. The molecule has 4 N–H and O–H groups in total. The second kappa shape index (κ2) is 11.3. The molecule has 1 fully saturated rings. The molecule has 0 bridgehead atoms. The number of alkyl carbamates (subject to hydrolysis) is 3. The molecule has 1 rings (SSSR count). The van der Waals surface area contributed by atoms with Crippen molar-refractivity contribution in [3.8, 4) is 0 Å². The van der Waals surface area contributed by atoms with E-state index in [0.29, 0.717) is 12.8 Å². The Balaban J connectivity index is 2.83. The molecule has 10 nitrogen and oxygen atoms in total. The van der Waals surface area contributed by atoms with Gasteiger partial charge in [0.05, 0.1) is 12.1 Å². The van der Waals surface area contributed by atoms with E-state index in [1.54, 1.807) is 62.3 Å². The predicted octanol–water partition coefficient (Wildman–Crippen LogP) is 3.32. The standard InChI is InChI=1S/C23H43N3O7/c1-21(2,3)31-18(28)24-12-14-10-16(26-20(30)33-23(7,8)9)17(27)11-15(14)13-25-19(29)32-22(4,5)6/h14-17,27H,10-13H2,1-9H3,(H,24,28)(H,25,29)(H,26,30)/t14?,15-,16+,17?/m0/s1. The number of carbonyl (C=O) groups excluding carboxylic acids is 3. The molecule has 0 saturated heterocycles. The van der Waals surface area contributed by atoms with Gasteiger partial charge >= 0.3 is 18.3 Å². The zero-order valence-corrected chi connectivity index (χ0v) is 21.5. The van der Waals surface area contributed by atoms with Crippen LogP contribution in [0.1, 0.15) is 75.2 Å². The van der Waals surface area contributed by atoms with E-state index in [-0.39, 0.29) is 24.9 Å². The van der Waals surface area contributed by atoms with Gasteiger partial charge in [-0.25, -0.2) is 14.4 Å². The molecule has 0 radical (unpaired) electrons. The highest BCUT2D eigenvalue weighted by molar-refractivity contribution is 5.69. The molecule has 0 spiro atoms. The monoisotopic (exact) mass is 473 g/mol. The summed E-state index contributed by atoms with van der Waals surface area (Å²) in [5, 5.41) is 18.9. The van der Waals surface area contributed by atoms with Crippen LogP contribution >= 0.6 is 0 Å². The maximum Gasteiger partial charge on any atom is 0.407 e. The van der Waals surface area contributed by atoms with E-state index < -0.39 is 47.2 Å². The Hall–Kier alpha value is -2.23. The molecule has 2 unspecified atom stereocenters. The molecule has 0 aromatic carbocycles. The van der Waals surface area contributed by atoms with Crippen LogP contribution in [0.5, 0.6) is 0 Å². The number of hydrogen-bond donors (Lipinski definition) is 4. The Kier molecular flexibility index (Phi) is 9.83. The molecule has 0 heterocycles. The van der Waals surface area contributed by atoms with Gasteiger partial charge in [-0.05, 0) is 87.0 Å². The highest BCUT2D eigenvalue weighted by Crippen LogP contribution is 2.30. The van der Waals surface area contributed by atoms with Gasteiger partial charge in [-0.3, -0.25) is 0 Å². The minimum Gasteiger partial charge on any atom is -0.444 e. The van der Waals surface area contributed by atoms with Crippen molar-refractivity contribution in [3.05, 3.63) is 0 Å². The first-order valence-corrected chi connectivity index (χ1v) is 11.5. The van der Waals surface area contributed by atoms with Crippen LogP contribution in [-0.2, 0) is 14.2 Å². The van der Waals surface area contributed by atoms with E-state index in [4.69, 9.17) is 14.2 Å². The SMILES string of the molecule is CC(C)(C)OC(=O)NCC1C[C@@H](NC(=O)OC(C)(C)C)C(O)C[C@H]1CNC(=O)OC(C)(C)C. The van der Waals surface area contributed by atoms with E-state index in [0.717, 1.165) is 0 Å². The first-order valence-electron chi connectivity index (χ1n) is 11.5. The number of carbonyl (C=O) groups is 3. The van der Waals surface area contributed by atoms with Gasteiger partial charge in [0.1, 0.15) is 16.8 Å². The summed E-state index contributed by atoms with van der Waals surface area (Å²) in [6.45, 7) is 16.4. The largest absolute Gasteiger partial charge is 0.444 e. The van der Waals surface area contributed by atoms with Crippen molar-refractivity contribution < 1.29 is 33.7 Å². The Labute approximate surface area is 197 Å². The lowest BCUT2D eigenvalue weighted by atomic mass is 9.75. The minimum absolute atomic E-state index is 0.143. The third-order valence-electron chi connectivity index (χ3n) is 4.75. The van der Waals surface area contributed by atoms with Crippen LogP contribution in [0, 0.1) is 11.8 Å². The van der Waals surface area contributed by atoms with Gasteiger partial charge in [0.15, 0.2) is 0 Å². The van der Waals surface area contributed by atoms with E-state index in [2.05, 4.69) is 16.0 Å². The lowest BCUT2D eigenvalue weighted by Crippen LogP contribution is -2.54. The van der Waals surface area contributed by atoms with Crippen molar-refractivity contribution in [1.82, 2.24) is 16.0 Å². The van der Waals surface area contributed by atoms with Gasteiger partial charge in [0.2, 0.25) is 0 Å². The molecule has 33 heavy (non-hydrogen) atoms. The summed E-state index contributed by atoms with van der Waals surface area (Å²) in [6, 6.07) is -0.553. The number of aliphatic hydroxyl groups excluding tert-OH is 1. The Morgan fingerprint density at radius 3 is 1.45 bits per heavy atom. The number of ether oxygens (including phenoxy) is 3. The van der Waals surface area contributed by atoms with Crippen LogP contribution in [0.3, 0.4) is 0 Å². The maximum absolute atomic E-state index is 12.2. The smallest absolute Gasteiger partial charge is 0.407 e. The topological polar surface area (TPSA) is 135 Å². The maximum atomic E-state index is 12.2. The molecule has 192 valence electrons. The lowest BCUT2D eigenvalue weighted by molar-refractivity contribution is 0.0126. The van der Waals surface area contributed by atoms with Gasteiger partial charge in [0, 0.05) is 13.1 Å². The van der Waals surface area contributed by atoms with Crippen LogP contribution in [0.4, 0.5) is 14.4 Å². The molecule has 0 aromatic rings. The van der Waals surface area contributed by atoms with Gasteiger partial charge in [0.25, 0.3) is 0 Å². The van der Waals surface area contributed by atoms with Crippen molar-refractivity contribution >= 4 is 18.3 Å². The van der Waals surface area contributed by atoms with Crippen LogP contribution in [0.2, 0.25) is 0 Å². The predicted molar refractivity (Wildman–Crippen MR) is 124 cm³/mol. The van der Waals surface area contributed by atoms with Gasteiger partial charge < -0.3 is 35.3 Å². The third kappa shape index (κ3) is 12.6. The lowest BCUT2D eigenvalue weighted by Gasteiger charge is -2.40. The quantitative estimate of drug-likeness (QED) is 0.450. The summed E-state index contributed by atoms with van der Waals surface area (Å²) in [5.41, 5.74) is -1.93. The third-order valence-corrected chi connectivity index (χ3v) is 4.75. The average Bonchev–Trinajstić information content (AvgIpc) is 2.56. The summed E-state index contributed by atoms with van der Waals surface area (Å²) in [7, 11) is 0. The number of amides is 3. The number of nitrogens with one attached hydrogen (secondary N) is 3. The van der Waals surface area contributed by atoms with Crippen LogP contribution in [-0.4, -0.2) is 65.4 Å². The van der Waals surface area contributed by atoms with Crippen LogP contribution < -0.4 is 16.0 Å². The van der Waals surface area contributed by atoms with E-state index in [1.165, 1.54) is 0 Å². The molecule has 0 aliphatic heterocycles. The van der Waals surface area contributed by atoms with Gasteiger partial charge in [-0.1, -0.05) is 0 Å². The van der Waals surface area contributed by atoms with E-state index in [9.17, 15) is 19.5 Å². The highest BCUT2D eigenvalue weighted by atomic mass is 16.6. The summed E-state index contributed by atoms with van der Waals surface area (Å²) in [5.74, 6) is -0.296. The van der Waals surface area contributed by atoms with Crippen molar-refractivity contribution in [2.75, 3.05) is 13.1 Å². The summed E-state index contributed by atoms with van der Waals surface area (Å²) in [6.07, 6.45) is -1.85. The summed E-state index contributed by atoms with van der Waals surface area (Å²) < 4.78 is 15.9. The zero-order chi connectivity index (χ0) is 25.6. The van der Waals surface area contributed by atoms with Gasteiger partial charge in [-0.2, -0.15) is 0 Å². The molecule has 4 atom stereocenters. The van der Waals surface area contributed by atoms with Crippen LogP contribution in [0.25, 0.3) is 0 Å². The molecular weight excluding hydrogens is 430 g/mol. The Bertz CT molecular complexity index is 677. The summed E-state index contributed by atoms with van der Waals surface area (Å²) in [4.78, 5) is 36.5. The molecular formula is C23H43N3O7. The van der Waals surface area contributed by atoms with Crippen molar-refractivity contribution in [3.63, 3.8) is 0 Å². The Morgan fingerprint density at radius 2 is 1.06 bits per heavy atom. The van der Waals surface area contributed by atoms with E-state index >= 15 is 0 Å². The van der Waals surface area contributed by atoms with Gasteiger partial charge in [-0.15, -0.1) is 0 Å². The molecule has 3 amide bonds. The number of aliphatic hydroxyl groups is 1. The van der Waals surface area contributed by atoms with Crippen molar-refractivity contribution in [1.29, 1.82) is 0 Å². The van der Waals surface area contributed by atoms with E-state index in [1.807, 2.05) is 0 Å². The Morgan fingerprint density at radius 1 is 0.697 bits per heavy atom. The summed E-state index contributed by atoms with van der Waals surface area (Å²) >= 11 is 0. The fourth-order valence-corrected chi connectivity index (χ4v) is 3.51. The average molecular weight is 474 g/mol. The first kappa shape index (κ1) is 28.8. The number of rotatable bonds is 5. The molecule has 1 aliphatic rings. The fraction of sp³-hybridized carbons (Fsp3) is 0.870. The van der Waals surface area contributed by atoms with Crippen molar-refractivity contribution in [2.45, 2.75) is 104 Å². The fourth-order valence-electron chi connectivity index (χ4n) is 3.51. The normalized spacial score (nSPS) is 23.8. The van der Waals surface area contributed by atoms with Crippen molar-refractivity contribution in [2.24, 2.45) is 11.8 Å². The van der Waals surface area contributed by atoms with Crippen LogP contribution in [0.15, 0.2) is 0 Å². The first-order chi connectivity index (χ1) is 14.8. The second-order valence-corrected chi connectivity index (χ2v) is 11.6. The minimum atomic E-state index is -0.833. The number of hydrogen-bond acceptors (Lipinski definition) is 7. The second-order valence-electron chi connectivity index (χ2n) is 11.6. The zero-order valence-electron chi connectivity index (χ0n) is 21.5. The molecule has 0 aromatic heterocycles. The molecule has 1 aliphatic carbocycles.